The minimum atomic E-state index is -1.20. The first-order valence-electron chi connectivity index (χ1n) is 6.54. The third-order valence-corrected chi connectivity index (χ3v) is 4.67. The molecule has 21 heavy (non-hydrogen) atoms. The molecule has 0 aromatic heterocycles. The zero-order valence-electron chi connectivity index (χ0n) is 11.7. The molecule has 0 saturated carbocycles. The molecule has 1 aromatic rings. The van der Waals surface area contributed by atoms with Gasteiger partial charge < -0.3 is 15.3 Å². The molecule has 2 N–H and O–H groups in total. The smallest absolute Gasteiger partial charge is 0.329 e. The van der Waals surface area contributed by atoms with E-state index in [1.807, 2.05) is 0 Å². The molecule has 7 heteroatoms. The summed E-state index contributed by atoms with van der Waals surface area (Å²) in [5.41, 5.74) is -0.117. The van der Waals surface area contributed by atoms with Crippen molar-refractivity contribution in [3.8, 4) is 0 Å². The van der Waals surface area contributed by atoms with Crippen LogP contribution in [-0.2, 0) is 4.79 Å². The van der Waals surface area contributed by atoms with Crippen molar-refractivity contribution in [3.05, 3.63) is 27.7 Å². The lowest BCUT2D eigenvalue weighted by molar-refractivity contribution is -0.146. The summed E-state index contributed by atoms with van der Waals surface area (Å²) in [4.78, 5) is 25.1. The Morgan fingerprint density at radius 2 is 2.05 bits per heavy atom. The minimum Gasteiger partial charge on any atom is -0.480 e. The standard InChI is InChI=1S/C14H16Cl2N2O3/c1-8-4-5-9(15)11(10(8)16)17-13(21)18-7-3-6-14(18,2)12(19)20/h4-5H,3,6-7H2,1-2H3,(H,17,21)(H,19,20). The van der Waals surface area contributed by atoms with Crippen LogP contribution in [0.2, 0.25) is 10.0 Å². The number of nitrogens with zero attached hydrogens (tertiary/aromatic N) is 1. The van der Waals surface area contributed by atoms with Gasteiger partial charge in [0.1, 0.15) is 5.54 Å². The number of hydrogen-bond donors (Lipinski definition) is 2. The van der Waals surface area contributed by atoms with E-state index in [9.17, 15) is 14.7 Å². The Kier molecular flexibility index (Phi) is 4.35. The van der Waals surface area contributed by atoms with E-state index in [4.69, 9.17) is 23.2 Å². The Balaban J connectivity index is 2.27. The highest BCUT2D eigenvalue weighted by Crippen LogP contribution is 2.35. The number of carbonyl (C=O) groups excluding carboxylic acids is 1. The molecule has 1 fully saturated rings. The van der Waals surface area contributed by atoms with Gasteiger partial charge in [-0.2, -0.15) is 0 Å². The first kappa shape index (κ1) is 15.9. The summed E-state index contributed by atoms with van der Waals surface area (Å²) in [5.74, 6) is -1.02. The van der Waals surface area contributed by atoms with Gasteiger partial charge in [0, 0.05) is 6.54 Å². The second kappa shape index (κ2) is 5.73. The first-order chi connectivity index (χ1) is 9.77. The van der Waals surface area contributed by atoms with Gasteiger partial charge in [-0.3, -0.25) is 0 Å². The molecule has 114 valence electrons. The number of carboxylic acids is 1. The molecular formula is C14H16Cl2N2O3. The van der Waals surface area contributed by atoms with Crippen molar-refractivity contribution in [1.29, 1.82) is 0 Å². The maximum Gasteiger partial charge on any atom is 0.329 e. The Morgan fingerprint density at radius 3 is 2.67 bits per heavy atom. The van der Waals surface area contributed by atoms with Crippen molar-refractivity contribution in [2.24, 2.45) is 0 Å². The Hall–Kier alpha value is -1.46. The van der Waals surface area contributed by atoms with Gasteiger partial charge in [-0.05, 0) is 38.3 Å². The van der Waals surface area contributed by atoms with E-state index in [0.717, 1.165) is 5.56 Å². The highest BCUT2D eigenvalue weighted by atomic mass is 35.5. The molecule has 1 aliphatic heterocycles. The molecule has 2 amide bonds. The van der Waals surface area contributed by atoms with Crippen LogP contribution in [0.1, 0.15) is 25.3 Å². The van der Waals surface area contributed by atoms with Gasteiger partial charge >= 0.3 is 12.0 Å². The Morgan fingerprint density at radius 1 is 1.38 bits per heavy atom. The number of rotatable bonds is 2. The lowest BCUT2D eigenvalue weighted by Gasteiger charge is -2.31. The number of benzene rings is 1. The molecule has 0 spiro atoms. The predicted molar refractivity (Wildman–Crippen MR) is 82.2 cm³/mol. The average Bonchev–Trinajstić information content (AvgIpc) is 2.82. The van der Waals surface area contributed by atoms with Gasteiger partial charge in [-0.1, -0.05) is 29.3 Å². The fourth-order valence-corrected chi connectivity index (χ4v) is 2.92. The molecule has 0 bridgehead atoms. The first-order valence-corrected chi connectivity index (χ1v) is 7.29. The monoisotopic (exact) mass is 330 g/mol. The molecule has 1 saturated heterocycles. The van der Waals surface area contributed by atoms with Crippen molar-refractivity contribution in [3.63, 3.8) is 0 Å². The van der Waals surface area contributed by atoms with Crippen LogP contribution in [0, 0.1) is 6.92 Å². The molecule has 0 radical (unpaired) electrons. The van der Waals surface area contributed by atoms with Gasteiger partial charge in [-0.15, -0.1) is 0 Å². The maximum absolute atomic E-state index is 12.4. The Labute approximate surface area is 132 Å². The van der Waals surface area contributed by atoms with Crippen molar-refractivity contribution in [2.75, 3.05) is 11.9 Å². The summed E-state index contributed by atoms with van der Waals surface area (Å²) in [6, 6.07) is 2.88. The van der Waals surface area contributed by atoms with Crippen molar-refractivity contribution in [2.45, 2.75) is 32.2 Å². The van der Waals surface area contributed by atoms with Gasteiger partial charge in [-0.25, -0.2) is 9.59 Å². The zero-order valence-corrected chi connectivity index (χ0v) is 13.3. The van der Waals surface area contributed by atoms with Gasteiger partial charge in [0.15, 0.2) is 0 Å². The van der Waals surface area contributed by atoms with Crippen LogP contribution in [-0.4, -0.2) is 34.1 Å². The molecule has 1 heterocycles. The highest BCUT2D eigenvalue weighted by molar-refractivity contribution is 6.40. The number of carbonyl (C=O) groups is 2. The molecule has 2 rings (SSSR count). The van der Waals surface area contributed by atoms with Crippen LogP contribution in [0.3, 0.4) is 0 Å². The van der Waals surface area contributed by atoms with E-state index in [1.54, 1.807) is 26.0 Å². The van der Waals surface area contributed by atoms with Crippen LogP contribution >= 0.6 is 23.2 Å². The number of aryl methyl sites for hydroxylation is 1. The van der Waals surface area contributed by atoms with Crippen LogP contribution < -0.4 is 5.32 Å². The fraction of sp³-hybridized carbons (Fsp3) is 0.429. The number of urea groups is 1. The number of hydrogen-bond acceptors (Lipinski definition) is 2. The number of halogens is 2. The van der Waals surface area contributed by atoms with E-state index in [0.29, 0.717) is 35.1 Å². The van der Waals surface area contributed by atoms with E-state index in [2.05, 4.69) is 5.32 Å². The summed E-state index contributed by atoms with van der Waals surface area (Å²) in [6.07, 6.45) is 1.07. The molecule has 1 aliphatic rings. The minimum absolute atomic E-state index is 0.308. The van der Waals surface area contributed by atoms with Crippen molar-refractivity contribution in [1.82, 2.24) is 4.90 Å². The third kappa shape index (κ3) is 2.80. The second-order valence-corrected chi connectivity index (χ2v) is 6.10. The van der Waals surface area contributed by atoms with Crippen molar-refractivity contribution >= 4 is 40.9 Å². The van der Waals surface area contributed by atoms with Crippen molar-refractivity contribution < 1.29 is 14.7 Å². The van der Waals surface area contributed by atoms with Gasteiger partial charge in [0.2, 0.25) is 0 Å². The Bertz CT molecular complexity index is 606. The molecule has 5 nitrogen and oxygen atoms in total. The second-order valence-electron chi connectivity index (χ2n) is 5.32. The molecule has 1 unspecified atom stereocenters. The topological polar surface area (TPSA) is 69.6 Å². The van der Waals surface area contributed by atoms with Gasteiger partial charge in [0.25, 0.3) is 0 Å². The molecular weight excluding hydrogens is 315 g/mol. The summed E-state index contributed by atoms with van der Waals surface area (Å²) in [6.45, 7) is 3.72. The van der Waals surface area contributed by atoms with E-state index < -0.39 is 17.5 Å². The van der Waals surface area contributed by atoms with Crippen LogP contribution in [0.25, 0.3) is 0 Å². The zero-order chi connectivity index (χ0) is 15.8. The average molecular weight is 331 g/mol. The number of carboxylic acid groups (broad SMARTS) is 1. The summed E-state index contributed by atoms with van der Waals surface area (Å²) in [7, 11) is 0. The molecule has 1 atom stereocenters. The normalized spacial score (nSPS) is 21.4. The SMILES string of the molecule is Cc1ccc(Cl)c(NC(=O)N2CCCC2(C)C(=O)O)c1Cl. The summed E-state index contributed by atoms with van der Waals surface area (Å²) >= 11 is 12.2. The number of amides is 2. The summed E-state index contributed by atoms with van der Waals surface area (Å²) < 4.78 is 0. The number of anilines is 1. The van der Waals surface area contributed by atoms with Crippen LogP contribution in [0.15, 0.2) is 12.1 Å². The predicted octanol–water partition coefficient (Wildman–Crippen LogP) is 3.77. The lowest BCUT2D eigenvalue weighted by Crippen LogP contribution is -2.52. The van der Waals surface area contributed by atoms with Gasteiger partial charge in [0.05, 0.1) is 15.7 Å². The number of aliphatic carboxylic acids is 1. The lowest BCUT2D eigenvalue weighted by atomic mass is 10.00. The largest absolute Gasteiger partial charge is 0.480 e. The quantitative estimate of drug-likeness (QED) is 0.867. The summed E-state index contributed by atoms with van der Waals surface area (Å²) in [5, 5.41) is 12.6. The van der Waals surface area contributed by atoms with E-state index >= 15 is 0 Å². The fourth-order valence-electron chi connectivity index (χ4n) is 2.46. The van der Waals surface area contributed by atoms with E-state index in [-0.39, 0.29) is 0 Å². The molecule has 1 aromatic carbocycles. The third-order valence-electron chi connectivity index (χ3n) is 3.86. The van der Waals surface area contributed by atoms with Crippen LogP contribution in [0.4, 0.5) is 10.5 Å². The number of nitrogens with one attached hydrogen (secondary N) is 1. The van der Waals surface area contributed by atoms with Crippen LogP contribution in [0.5, 0.6) is 0 Å². The highest BCUT2D eigenvalue weighted by Gasteiger charge is 2.46. The van der Waals surface area contributed by atoms with E-state index in [1.165, 1.54) is 4.90 Å². The maximum atomic E-state index is 12.4. The number of likely N-dealkylation sites (tertiary alicyclic amines) is 1. The molecule has 0 aliphatic carbocycles.